The van der Waals surface area contributed by atoms with E-state index in [9.17, 15) is 29.1 Å². The Morgan fingerprint density at radius 1 is 1.03 bits per heavy atom. The number of carbonyl (C=O) groups is 4. The minimum absolute atomic E-state index is 0.0856. The van der Waals surface area contributed by atoms with Crippen LogP contribution in [-0.2, 0) is 38.1 Å². The van der Waals surface area contributed by atoms with Gasteiger partial charge in [-0.3, -0.25) is 19.2 Å². The molecular formula is C45H58N4O13. The fourth-order valence-corrected chi connectivity index (χ4v) is 7.50. The molecule has 0 spiro atoms. The number of anilines is 1. The third-order valence-corrected chi connectivity index (χ3v) is 10.8. The fourth-order valence-electron chi connectivity index (χ4n) is 7.50. The molecule has 0 saturated carbocycles. The zero-order chi connectivity index (χ0) is 44.9. The van der Waals surface area contributed by atoms with E-state index >= 15 is 0 Å². The van der Waals surface area contributed by atoms with Crippen LogP contribution in [0.5, 0.6) is 5.75 Å². The highest BCUT2D eigenvalue weighted by molar-refractivity contribution is 6.23. The predicted octanol–water partition coefficient (Wildman–Crippen LogP) is 3.39. The molecule has 3 aliphatic rings. The topological polar surface area (TPSA) is 227 Å². The summed E-state index contributed by atoms with van der Waals surface area (Å²) in [4.78, 5) is 67.5. The molecule has 1 aromatic carbocycles. The summed E-state index contributed by atoms with van der Waals surface area (Å²) < 4.78 is 39.8. The van der Waals surface area contributed by atoms with Crippen molar-refractivity contribution in [2.24, 2.45) is 17.6 Å². The number of carbonyl (C=O) groups excluding carboxylic acids is 4. The van der Waals surface area contributed by atoms with Crippen LogP contribution in [0.15, 0.2) is 92.0 Å². The number of nitrogens with one attached hydrogen (secondary N) is 2. The van der Waals surface area contributed by atoms with Crippen molar-refractivity contribution >= 4 is 40.4 Å². The first-order chi connectivity index (χ1) is 29.7. The second-order valence-electron chi connectivity index (χ2n) is 15.5. The Morgan fingerprint density at radius 2 is 1.79 bits per heavy atom. The van der Waals surface area contributed by atoms with Gasteiger partial charge in [-0.2, -0.15) is 0 Å². The molecule has 2 aromatic rings. The number of aliphatic hydroxyl groups is 1. The molecule has 1 saturated heterocycles. The summed E-state index contributed by atoms with van der Waals surface area (Å²) in [7, 11) is 2.90. The molecule has 2 bridgehead atoms. The molecule has 0 unspecified atom stereocenters. The lowest BCUT2D eigenvalue weighted by Crippen LogP contribution is -2.38. The number of primary amides is 1. The molecule has 5 N–H and O–H groups in total. The Balaban J connectivity index is 1.27. The van der Waals surface area contributed by atoms with Gasteiger partial charge in [-0.05, 0) is 50.3 Å². The highest BCUT2D eigenvalue weighted by atomic mass is 16.6. The minimum Gasteiger partial charge on any atom is -0.491 e. The van der Waals surface area contributed by atoms with Crippen molar-refractivity contribution in [3.8, 4) is 5.75 Å². The summed E-state index contributed by atoms with van der Waals surface area (Å²) in [5.41, 5.74) is 6.51. The SMILES string of the molecule is CO[C@H]1/C=C\C=C(/C)C(=O)NC2=CC(=O)C(NCCOCCOc3ccc4c(=O)cc(N5CCOCC5)oc4c3)=C(C[C@@H](C)C[C@H](OC)[C@H](O)[C@@H](C)/C=C(\C)[C@@H]1OC(N)=O)C2=O. The number of nitrogens with zero attached hydrogens (tertiary/aromatic N) is 1. The van der Waals surface area contributed by atoms with Crippen molar-refractivity contribution in [3.05, 3.63) is 93.0 Å². The fraction of sp³-hybridized carbons (Fsp3) is 0.489. The molecule has 3 heterocycles. The number of hydrogen-bond acceptors (Lipinski definition) is 15. The van der Waals surface area contributed by atoms with Gasteiger partial charge in [0.25, 0.3) is 5.91 Å². The van der Waals surface area contributed by atoms with Gasteiger partial charge in [0.1, 0.15) is 24.0 Å². The van der Waals surface area contributed by atoms with E-state index < -0.39 is 53.9 Å². The summed E-state index contributed by atoms with van der Waals surface area (Å²) in [6, 6.07) is 6.51. The van der Waals surface area contributed by atoms with Gasteiger partial charge in [0.2, 0.25) is 11.6 Å². The van der Waals surface area contributed by atoms with Crippen molar-refractivity contribution < 1.29 is 57.1 Å². The van der Waals surface area contributed by atoms with Gasteiger partial charge in [0, 0.05) is 69.1 Å². The molecule has 5 rings (SSSR count). The second-order valence-corrected chi connectivity index (χ2v) is 15.5. The Labute approximate surface area is 360 Å². The first kappa shape index (κ1) is 47.5. The number of allylic oxidation sites excluding steroid dienone is 4. The molecule has 17 heteroatoms. The van der Waals surface area contributed by atoms with Crippen LogP contribution in [0.1, 0.15) is 40.5 Å². The quantitative estimate of drug-likeness (QED) is 0.136. The highest BCUT2D eigenvalue weighted by Gasteiger charge is 2.33. The molecule has 1 aliphatic carbocycles. The lowest BCUT2D eigenvalue weighted by atomic mass is 9.85. The maximum Gasteiger partial charge on any atom is 0.405 e. The number of benzene rings is 1. The average molecular weight is 863 g/mol. The summed E-state index contributed by atoms with van der Waals surface area (Å²) in [5.74, 6) is -1.44. The van der Waals surface area contributed by atoms with E-state index in [0.29, 0.717) is 60.9 Å². The standard InChI is InChI=1S/C45H58N4O13/c1-26-20-32-40(47-12-15-58-18-19-60-30-10-11-31-34(50)25-39(61-37(31)23-30)49-13-16-59-17-14-49)35(51)24-33(42(32)53)48-44(54)27(2)8-7-9-36(56-5)43(62-45(46)55)29(4)22-28(3)41(52)38(21-26)57-6/h7-11,22-26,28,36,38,41,43,47,52H,12-21H2,1-6H3,(H2,46,55)(H,48,54)/b9-7-,27-8+,29-22+/t26-,28+,36+,38+,41-,43+/m1/s1. The van der Waals surface area contributed by atoms with Crippen molar-refractivity contribution in [1.29, 1.82) is 0 Å². The number of Topliss-reactive ketones (excluding diaryl/α,β-unsaturated/α-hetero) is 1. The number of fused-ring (bicyclic) bond motifs is 3. The first-order valence-electron chi connectivity index (χ1n) is 20.6. The van der Waals surface area contributed by atoms with E-state index in [2.05, 4.69) is 10.6 Å². The number of nitrogens with two attached hydrogens (primary N) is 1. The van der Waals surface area contributed by atoms with E-state index in [1.165, 1.54) is 33.3 Å². The van der Waals surface area contributed by atoms with E-state index in [1.807, 2.05) is 11.8 Å². The van der Waals surface area contributed by atoms with Crippen molar-refractivity contribution in [2.75, 3.05) is 71.8 Å². The van der Waals surface area contributed by atoms with Crippen molar-refractivity contribution in [1.82, 2.24) is 10.6 Å². The van der Waals surface area contributed by atoms with Crippen LogP contribution in [0, 0.1) is 11.8 Å². The molecule has 17 nitrogen and oxygen atoms in total. The van der Waals surface area contributed by atoms with Gasteiger partial charge in [-0.15, -0.1) is 0 Å². The van der Waals surface area contributed by atoms with Crippen LogP contribution in [0.2, 0.25) is 0 Å². The van der Waals surface area contributed by atoms with Crippen molar-refractivity contribution in [2.45, 2.75) is 65.0 Å². The van der Waals surface area contributed by atoms with Crippen LogP contribution in [0.4, 0.5) is 10.7 Å². The largest absolute Gasteiger partial charge is 0.491 e. The summed E-state index contributed by atoms with van der Waals surface area (Å²) in [6.07, 6.45) is 3.38. The Bertz CT molecular complexity index is 2170. The van der Waals surface area contributed by atoms with Gasteiger partial charge in [-0.25, -0.2) is 4.79 Å². The van der Waals surface area contributed by atoms with Gasteiger partial charge in [-0.1, -0.05) is 38.2 Å². The lowest BCUT2D eigenvalue weighted by Gasteiger charge is -2.30. The third kappa shape index (κ3) is 12.5. The Kier molecular flexibility index (Phi) is 17.2. The molecule has 6 atom stereocenters. The number of rotatable bonds is 12. The Morgan fingerprint density at radius 3 is 2.50 bits per heavy atom. The molecule has 2 amide bonds. The molecule has 2 aliphatic heterocycles. The van der Waals surface area contributed by atoms with Gasteiger partial charge >= 0.3 is 6.09 Å². The van der Waals surface area contributed by atoms with Gasteiger partial charge in [0.15, 0.2) is 17.4 Å². The predicted molar refractivity (Wildman–Crippen MR) is 229 cm³/mol. The van der Waals surface area contributed by atoms with Gasteiger partial charge < -0.3 is 59.2 Å². The van der Waals surface area contributed by atoms with Crippen LogP contribution in [0.25, 0.3) is 11.0 Å². The Hall–Kier alpha value is -5.59. The van der Waals surface area contributed by atoms with Crippen LogP contribution >= 0.6 is 0 Å². The van der Waals surface area contributed by atoms with E-state index in [4.69, 9.17) is 38.6 Å². The maximum atomic E-state index is 14.0. The van der Waals surface area contributed by atoms with Crippen LogP contribution < -0.4 is 31.4 Å². The van der Waals surface area contributed by atoms with E-state index in [-0.39, 0.29) is 66.7 Å². The third-order valence-electron chi connectivity index (χ3n) is 10.8. The number of ether oxygens (including phenoxy) is 6. The number of hydrogen-bond donors (Lipinski definition) is 4. The normalized spacial score (nSPS) is 26.8. The molecule has 1 aromatic heterocycles. The van der Waals surface area contributed by atoms with Crippen molar-refractivity contribution in [3.63, 3.8) is 0 Å². The number of ketones is 2. The molecule has 62 heavy (non-hydrogen) atoms. The molecule has 0 radical (unpaired) electrons. The molecule has 1 fully saturated rings. The number of amides is 2. The van der Waals surface area contributed by atoms with E-state index in [1.54, 1.807) is 50.3 Å². The number of aliphatic hydroxyl groups excluding tert-OH is 1. The zero-order valence-electron chi connectivity index (χ0n) is 36.1. The summed E-state index contributed by atoms with van der Waals surface area (Å²) in [6.45, 7) is 10.0. The van der Waals surface area contributed by atoms with Crippen LogP contribution in [0.3, 0.4) is 0 Å². The lowest BCUT2D eigenvalue weighted by molar-refractivity contribution is -0.120. The monoisotopic (exact) mass is 862 g/mol. The number of methoxy groups -OCH3 is 2. The first-order valence-corrected chi connectivity index (χ1v) is 20.6. The highest BCUT2D eigenvalue weighted by Crippen LogP contribution is 2.29. The minimum atomic E-state index is -1.02. The zero-order valence-corrected chi connectivity index (χ0v) is 36.1. The van der Waals surface area contributed by atoms with Gasteiger partial charge in [0.05, 0.1) is 55.4 Å². The van der Waals surface area contributed by atoms with Crippen LogP contribution in [-0.4, -0.2) is 120 Å². The molecular weight excluding hydrogens is 805 g/mol. The smallest absolute Gasteiger partial charge is 0.405 e. The van der Waals surface area contributed by atoms with E-state index in [0.717, 1.165) is 6.08 Å². The summed E-state index contributed by atoms with van der Waals surface area (Å²) in [5, 5.41) is 17.6. The second kappa shape index (κ2) is 22.5. The number of morpholine rings is 1. The average Bonchev–Trinajstić information content (AvgIpc) is 3.25. The maximum absolute atomic E-state index is 14.0. The molecule has 336 valence electrons. The summed E-state index contributed by atoms with van der Waals surface area (Å²) >= 11 is 0.